The smallest absolute Gasteiger partial charge is 0.254 e. The number of amides is 1. The average Bonchev–Trinajstić information content (AvgIpc) is 3.31. The minimum Gasteiger partial charge on any atom is -0.377 e. The molecule has 0 aliphatic carbocycles. The van der Waals surface area contributed by atoms with Gasteiger partial charge in [0.1, 0.15) is 5.52 Å². The minimum absolute atomic E-state index is 0.0185. The maximum atomic E-state index is 13.9. The van der Waals surface area contributed by atoms with E-state index in [-0.39, 0.29) is 17.2 Å². The van der Waals surface area contributed by atoms with Gasteiger partial charge in [-0.3, -0.25) is 4.79 Å². The van der Waals surface area contributed by atoms with Crippen LogP contribution in [0.3, 0.4) is 0 Å². The Morgan fingerprint density at radius 3 is 2.48 bits per heavy atom. The summed E-state index contributed by atoms with van der Waals surface area (Å²) in [5.74, 6) is 0.304. The third-order valence-corrected chi connectivity index (χ3v) is 8.76. The summed E-state index contributed by atoms with van der Waals surface area (Å²) in [6.45, 7) is 16.5. The largest absolute Gasteiger partial charge is 0.377 e. The molecule has 0 saturated carbocycles. The maximum absolute atomic E-state index is 13.9. The average molecular weight is 537 g/mol. The fraction of sp³-hybridized carbons (Fsp3) is 0.441. The summed E-state index contributed by atoms with van der Waals surface area (Å²) in [6.07, 6.45) is 1.72. The molecule has 0 saturated heterocycles. The molecular formula is C34H40N4O2. The third kappa shape index (κ3) is 4.72. The molecule has 5 aliphatic rings. The van der Waals surface area contributed by atoms with Gasteiger partial charge < -0.3 is 9.64 Å². The Hall–Kier alpha value is -3.51. The highest BCUT2D eigenvalue weighted by Crippen LogP contribution is 2.43. The Morgan fingerprint density at radius 1 is 0.950 bits per heavy atom. The van der Waals surface area contributed by atoms with Gasteiger partial charge in [0.25, 0.3) is 5.91 Å². The number of hydrogen-bond acceptors (Lipinski definition) is 4. The third-order valence-electron chi connectivity index (χ3n) is 8.76. The summed E-state index contributed by atoms with van der Waals surface area (Å²) in [5, 5.41) is 9.15. The lowest BCUT2D eigenvalue weighted by atomic mass is 9.71. The molecule has 6 nitrogen and oxygen atoms in total. The summed E-state index contributed by atoms with van der Waals surface area (Å²) >= 11 is 0. The quantitative estimate of drug-likeness (QED) is 0.252. The number of carbonyl (C=O) groups excluding carboxylic acids is 1. The van der Waals surface area contributed by atoms with Crippen molar-refractivity contribution in [1.82, 2.24) is 19.9 Å². The van der Waals surface area contributed by atoms with Crippen LogP contribution in [0.25, 0.3) is 11.0 Å². The van der Waals surface area contributed by atoms with Crippen molar-refractivity contribution in [1.29, 1.82) is 0 Å². The second-order valence-electron chi connectivity index (χ2n) is 12.8. The number of benzene rings is 3. The number of rotatable bonds is 0. The van der Waals surface area contributed by atoms with Crippen LogP contribution in [0.5, 0.6) is 0 Å². The molecule has 1 unspecified atom stereocenters. The molecule has 208 valence electrons. The van der Waals surface area contributed by atoms with Gasteiger partial charge in [0.15, 0.2) is 0 Å². The molecule has 1 aromatic heterocycles. The molecule has 1 atom stereocenters. The standard InChI is InChI=1S/C34H40N4O2/c1-21-16-24-17-22(2)30(21)33(39)37-14-12-25-8-9-26(18-27(25)19-37)31(34(4,5)6)28-10-11-29-32(23(28)3)35-36-38(29)13-7-15-40-20-24/h8-11,16-18,31H,7,12-15,19-20H2,1-6H3. The van der Waals surface area contributed by atoms with Crippen LogP contribution < -0.4 is 0 Å². The van der Waals surface area contributed by atoms with Gasteiger partial charge in [0, 0.05) is 37.7 Å². The lowest BCUT2D eigenvalue weighted by Gasteiger charge is -2.35. The van der Waals surface area contributed by atoms with Gasteiger partial charge in [-0.05, 0) is 89.6 Å². The number of aryl methyl sites for hydroxylation is 4. The first-order valence-corrected chi connectivity index (χ1v) is 14.5. The fourth-order valence-corrected chi connectivity index (χ4v) is 6.88. The summed E-state index contributed by atoms with van der Waals surface area (Å²) in [6, 6.07) is 15.6. The van der Waals surface area contributed by atoms with Crippen LogP contribution >= 0.6 is 0 Å². The summed E-state index contributed by atoms with van der Waals surface area (Å²) < 4.78 is 8.05. The zero-order chi connectivity index (χ0) is 28.2. The highest BCUT2D eigenvalue weighted by molar-refractivity contribution is 5.97. The molecular weight excluding hydrogens is 496 g/mol. The van der Waals surface area contributed by atoms with Crippen molar-refractivity contribution in [2.45, 2.75) is 80.0 Å². The van der Waals surface area contributed by atoms with Crippen molar-refractivity contribution in [2.24, 2.45) is 5.41 Å². The summed E-state index contributed by atoms with van der Waals surface area (Å²) in [7, 11) is 0. The van der Waals surface area contributed by atoms with Gasteiger partial charge in [-0.15, -0.1) is 5.10 Å². The Morgan fingerprint density at radius 2 is 1.73 bits per heavy atom. The summed E-state index contributed by atoms with van der Waals surface area (Å²) in [4.78, 5) is 15.9. The molecule has 6 heterocycles. The lowest BCUT2D eigenvalue weighted by Crippen LogP contribution is -2.37. The predicted octanol–water partition coefficient (Wildman–Crippen LogP) is 6.65. The van der Waals surface area contributed by atoms with E-state index in [2.05, 4.69) is 80.5 Å². The van der Waals surface area contributed by atoms with E-state index >= 15 is 0 Å². The first kappa shape index (κ1) is 26.7. The predicted molar refractivity (Wildman–Crippen MR) is 159 cm³/mol. The first-order chi connectivity index (χ1) is 19.1. The molecule has 40 heavy (non-hydrogen) atoms. The van der Waals surface area contributed by atoms with Gasteiger partial charge >= 0.3 is 0 Å². The number of nitrogens with zero attached hydrogens (tertiary/aromatic N) is 4. The van der Waals surface area contributed by atoms with Crippen molar-refractivity contribution in [3.05, 3.63) is 92.5 Å². The molecule has 1 amide bonds. The minimum atomic E-state index is -0.0185. The normalized spacial score (nSPS) is 18.2. The summed E-state index contributed by atoms with van der Waals surface area (Å²) in [5.41, 5.74) is 12.3. The van der Waals surface area contributed by atoms with Crippen LogP contribution in [0.1, 0.15) is 88.0 Å². The Balaban J connectivity index is 1.48. The van der Waals surface area contributed by atoms with Crippen LogP contribution in [-0.4, -0.2) is 39.0 Å². The zero-order valence-corrected chi connectivity index (χ0v) is 24.7. The SMILES string of the molecule is Cc1cc2cc(C)c1C(=O)N1CCc3ccc(cc3C1)C(C(C)(C)C)c1ccc3c(nnn3CCCOC2)c1C. The molecule has 4 aromatic rings. The lowest BCUT2D eigenvalue weighted by molar-refractivity contribution is 0.0732. The Labute approximate surface area is 237 Å². The van der Waals surface area contributed by atoms with Crippen molar-refractivity contribution >= 4 is 16.9 Å². The van der Waals surface area contributed by atoms with E-state index in [1.165, 1.54) is 27.8 Å². The molecule has 0 radical (unpaired) electrons. The van der Waals surface area contributed by atoms with Gasteiger partial charge in [-0.1, -0.05) is 62.4 Å². The van der Waals surface area contributed by atoms with Crippen LogP contribution in [0, 0.1) is 26.2 Å². The van der Waals surface area contributed by atoms with Crippen molar-refractivity contribution in [3.63, 3.8) is 0 Å². The van der Waals surface area contributed by atoms with E-state index in [1.807, 2.05) is 23.4 Å². The first-order valence-electron chi connectivity index (χ1n) is 14.5. The van der Waals surface area contributed by atoms with E-state index in [0.29, 0.717) is 19.8 Å². The van der Waals surface area contributed by atoms with Crippen LogP contribution in [0.2, 0.25) is 0 Å². The fourth-order valence-electron chi connectivity index (χ4n) is 6.88. The monoisotopic (exact) mass is 536 g/mol. The van der Waals surface area contributed by atoms with Gasteiger partial charge in [-0.2, -0.15) is 0 Å². The topological polar surface area (TPSA) is 60.2 Å². The van der Waals surface area contributed by atoms with E-state index in [9.17, 15) is 4.79 Å². The molecule has 0 fully saturated rings. The van der Waals surface area contributed by atoms with E-state index in [0.717, 1.165) is 59.2 Å². The molecule has 0 N–H and O–H groups in total. The number of hydrogen-bond donors (Lipinski definition) is 0. The van der Waals surface area contributed by atoms with Crippen molar-refractivity contribution in [3.8, 4) is 0 Å². The van der Waals surface area contributed by atoms with Crippen molar-refractivity contribution < 1.29 is 9.53 Å². The molecule has 9 bridgehead atoms. The van der Waals surface area contributed by atoms with Crippen LogP contribution in [-0.2, 0) is 30.9 Å². The van der Waals surface area contributed by atoms with Gasteiger partial charge in [0.05, 0.1) is 12.1 Å². The Bertz CT molecular complexity index is 1590. The van der Waals surface area contributed by atoms with Crippen LogP contribution in [0.4, 0.5) is 0 Å². The highest BCUT2D eigenvalue weighted by Gasteiger charge is 2.32. The number of ether oxygens (including phenoxy) is 1. The second-order valence-corrected chi connectivity index (χ2v) is 12.8. The number of aromatic nitrogens is 3. The molecule has 9 rings (SSSR count). The van der Waals surface area contributed by atoms with Crippen molar-refractivity contribution in [2.75, 3.05) is 13.2 Å². The zero-order valence-electron chi connectivity index (χ0n) is 24.7. The van der Waals surface area contributed by atoms with E-state index in [1.54, 1.807) is 0 Å². The second kappa shape index (κ2) is 10.2. The Kier molecular flexibility index (Phi) is 6.78. The maximum Gasteiger partial charge on any atom is 0.254 e. The van der Waals surface area contributed by atoms with E-state index < -0.39 is 0 Å². The van der Waals surface area contributed by atoms with Gasteiger partial charge in [0.2, 0.25) is 0 Å². The molecule has 5 aliphatic heterocycles. The van der Waals surface area contributed by atoms with Gasteiger partial charge in [-0.25, -0.2) is 4.68 Å². The molecule has 0 spiro atoms. The highest BCUT2D eigenvalue weighted by atomic mass is 16.5. The number of carbonyl (C=O) groups is 1. The van der Waals surface area contributed by atoms with E-state index in [4.69, 9.17) is 4.74 Å². The van der Waals surface area contributed by atoms with Crippen LogP contribution in [0.15, 0.2) is 42.5 Å². The molecule has 3 aromatic carbocycles. The molecule has 6 heteroatoms.